The van der Waals surface area contributed by atoms with Gasteiger partial charge in [-0.2, -0.15) is 0 Å². The molecular weight excluding hydrogens is 358 g/mol. The Bertz CT molecular complexity index is 849. The second kappa shape index (κ2) is 10.2. The van der Waals surface area contributed by atoms with Gasteiger partial charge in [0, 0.05) is 23.4 Å². The highest BCUT2D eigenvalue weighted by molar-refractivity contribution is 6.06. The first-order valence-electron chi connectivity index (χ1n) is 8.93. The molecule has 7 heteroatoms. The molecular formula is C21H25N3O4. The number of nitrogens with zero attached hydrogens (tertiary/aromatic N) is 1. The van der Waals surface area contributed by atoms with Gasteiger partial charge in [0.05, 0.1) is 12.7 Å². The lowest BCUT2D eigenvalue weighted by molar-refractivity contribution is 0.0600. The Kier molecular flexibility index (Phi) is 7.71. The normalized spacial score (nSPS) is 10.4. The van der Waals surface area contributed by atoms with Gasteiger partial charge in [-0.05, 0) is 63.5 Å². The zero-order valence-corrected chi connectivity index (χ0v) is 16.3. The average molecular weight is 383 g/mol. The van der Waals surface area contributed by atoms with E-state index in [4.69, 9.17) is 0 Å². The van der Waals surface area contributed by atoms with E-state index in [2.05, 4.69) is 15.4 Å². The van der Waals surface area contributed by atoms with Crippen molar-refractivity contribution in [3.05, 3.63) is 65.2 Å². The molecule has 0 bridgehead atoms. The van der Waals surface area contributed by atoms with Crippen molar-refractivity contribution in [2.45, 2.75) is 6.42 Å². The fourth-order valence-electron chi connectivity index (χ4n) is 2.55. The van der Waals surface area contributed by atoms with E-state index in [1.165, 1.54) is 13.2 Å². The molecule has 2 aromatic carbocycles. The second-order valence-electron chi connectivity index (χ2n) is 6.52. The molecule has 28 heavy (non-hydrogen) atoms. The topological polar surface area (TPSA) is 87.7 Å². The Morgan fingerprint density at radius 2 is 1.57 bits per heavy atom. The van der Waals surface area contributed by atoms with E-state index in [9.17, 15) is 14.4 Å². The highest BCUT2D eigenvalue weighted by Gasteiger charge is 2.12. The van der Waals surface area contributed by atoms with Gasteiger partial charge in [0.1, 0.15) is 0 Å². The molecule has 0 fully saturated rings. The summed E-state index contributed by atoms with van der Waals surface area (Å²) in [7, 11) is 5.25. The van der Waals surface area contributed by atoms with Crippen molar-refractivity contribution in [1.29, 1.82) is 0 Å². The van der Waals surface area contributed by atoms with Crippen LogP contribution >= 0.6 is 0 Å². The van der Waals surface area contributed by atoms with Crippen LogP contribution in [0.5, 0.6) is 0 Å². The number of carbonyl (C=O) groups excluding carboxylic acids is 3. The maximum atomic E-state index is 12.5. The summed E-state index contributed by atoms with van der Waals surface area (Å²) in [6.45, 7) is 1.45. The van der Waals surface area contributed by atoms with Crippen LogP contribution in [0.4, 0.5) is 5.69 Å². The molecule has 0 saturated heterocycles. The summed E-state index contributed by atoms with van der Waals surface area (Å²) in [6.07, 6.45) is 0.843. The minimum atomic E-state index is -0.482. The van der Waals surface area contributed by atoms with Crippen LogP contribution in [0.1, 0.15) is 37.5 Å². The van der Waals surface area contributed by atoms with Crippen molar-refractivity contribution in [1.82, 2.24) is 10.2 Å². The minimum Gasteiger partial charge on any atom is -0.465 e. The maximum Gasteiger partial charge on any atom is 0.337 e. The quantitative estimate of drug-likeness (QED) is 0.540. The zero-order valence-electron chi connectivity index (χ0n) is 16.3. The molecule has 0 spiro atoms. The lowest BCUT2D eigenvalue weighted by Crippen LogP contribution is -2.27. The molecule has 0 aliphatic heterocycles. The molecule has 0 aliphatic rings. The summed E-state index contributed by atoms with van der Waals surface area (Å²) in [5.41, 5.74) is 1.57. The second-order valence-corrected chi connectivity index (χ2v) is 6.52. The standard InChI is InChI=1S/C21H25N3O4/c1-24(2)12-6-11-22-19(25)15-7-4-8-16(13-15)20(26)23-18-10-5-9-17(14-18)21(27)28-3/h4-5,7-10,13-14H,6,11-12H2,1-3H3,(H,22,25)(H,23,26). The molecule has 0 radical (unpaired) electrons. The summed E-state index contributed by atoms with van der Waals surface area (Å²) < 4.78 is 4.68. The van der Waals surface area contributed by atoms with Crippen LogP contribution in [0.3, 0.4) is 0 Å². The molecule has 0 aromatic heterocycles. The Morgan fingerprint density at radius 1 is 0.929 bits per heavy atom. The van der Waals surface area contributed by atoms with Gasteiger partial charge in [-0.15, -0.1) is 0 Å². The van der Waals surface area contributed by atoms with Crippen molar-refractivity contribution in [2.75, 3.05) is 39.6 Å². The largest absolute Gasteiger partial charge is 0.465 e. The van der Waals surface area contributed by atoms with E-state index in [-0.39, 0.29) is 11.8 Å². The molecule has 0 saturated carbocycles. The Hall–Kier alpha value is -3.19. The predicted molar refractivity (Wildman–Crippen MR) is 108 cm³/mol. The van der Waals surface area contributed by atoms with Crippen LogP contribution in [0.15, 0.2) is 48.5 Å². The number of anilines is 1. The Labute approximate surface area is 164 Å². The summed E-state index contributed by atoms with van der Waals surface area (Å²) >= 11 is 0. The van der Waals surface area contributed by atoms with E-state index >= 15 is 0 Å². The zero-order chi connectivity index (χ0) is 20.5. The van der Waals surface area contributed by atoms with Gasteiger partial charge >= 0.3 is 5.97 Å². The van der Waals surface area contributed by atoms with Gasteiger partial charge in [-0.1, -0.05) is 12.1 Å². The summed E-state index contributed by atoms with van der Waals surface area (Å²) in [5.74, 6) is -1.07. The number of ether oxygens (including phenoxy) is 1. The van der Waals surface area contributed by atoms with Crippen LogP contribution in [0, 0.1) is 0 Å². The van der Waals surface area contributed by atoms with Crippen molar-refractivity contribution >= 4 is 23.5 Å². The molecule has 2 amide bonds. The van der Waals surface area contributed by atoms with Gasteiger partial charge in [0.2, 0.25) is 0 Å². The molecule has 0 heterocycles. The number of nitrogens with one attached hydrogen (secondary N) is 2. The van der Waals surface area contributed by atoms with Crippen molar-refractivity contribution in [3.63, 3.8) is 0 Å². The Morgan fingerprint density at radius 3 is 2.25 bits per heavy atom. The van der Waals surface area contributed by atoms with E-state index in [0.717, 1.165) is 13.0 Å². The third-order valence-electron chi connectivity index (χ3n) is 4.00. The molecule has 0 aliphatic carbocycles. The number of amides is 2. The van der Waals surface area contributed by atoms with E-state index in [0.29, 0.717) is 28.9 Å². The molecule has 7 nitrogen and oxygen atoms in total. The number of benzene rings is 2. The van der Waals surface area contributed by atoms with Crippen LogP contribution in [-0.4, -0.2) is 57.0 Å². The first-order valence-corrected chi connectivity index (χ1v) is 8.93. The van der Waals surface area contributed by atoms with Gasteiger partial charge in [-0.25, -0.2) is 4.79 Å². The highest BCUT2D eigenvalue weighted by Crippen LogP contribution is 2.14. The molecule has 0 atom stereocenters. The predicted octanol–water partition coefficient (Wildman–Crippen LogP) is 2.41. The van der Waals surface area contributed by atoms with Crippen molar-refractivity contribution in [2.24, 2.45) is 0 Å². The fourth-order valence-corrected chi connectivity index (χ4v) is 2.55. The van der Waals surface area contributed by atoms with E-state index in [1.54, 1.807) is 42.5 Å². The van der Waals surface area contributed by atoms with Crippen LogP contribution < -0.4 is 10.6 Å². The van der Waals surface area contributed by atoms with E-state index < -0.39 is 5.97 Å². The summed E-state index contributed by atoms with van der Waals surface area (Å²) in [5, 5.41) is 5.57. The fraction of sp³-hybridized carbons (Fsp3) is 0.286. The van der Waals surface area contributed by atoms with Crippen molar-refractivity contribution < 1.29 is 19.1 Å². The van der Waals surface area contributed by atoms with E-state index in [1.807, 2.05) is 19.0 Å². The highest BCUT2D eigenvalue weighted by atomic mass is 16.5. The number of hydrogen-bond donors (Lipinski definition) is 2. The first-order chi connectivity index (χ1) is 13.4. The molecule has 2 N–H and O–H groups in total. The summed E-state index contributed by atoms with van der Waals surface area (Å²) in [4.78, 5) is 38.4. The number of esters is 1. The maximum absolute atomic E-state index is 12.5. The molecule has 0 unspecified atom stereocenters. The van der Waals surface area contributed by atoms with Crippen molar-refractivity contribution in [3.8, 4) is 0 Å². The number of carbonyl (C=O) groups is 3. The third-order valence-corrected chi connectivity index (χ3v) is 4.00. The van der Waals surface area contributed by atoms with Gasteiger partial charge in [0.15, 0.2) is 0 Å². The number of methoxy groups -OCH3 is 1. The molecule has 148 valence electrons. The lowest BCUT2D eigenvalue weighted by Gasteiger charge is -2.11. The van der Waals surface area contributed by atoms with Crippen LogP contribution in [0.2, 0.25) is 0 Å². The van der Waals surface area contributed by atoms with Crippen LogP contribution in [-0.2, 0) is 4.74 Å². The van der Waals surface area contributed by atoms with Gasteiger partial charge in [0.25, 0.3) is 11.8 Å². The van der Waals surface area contributed by atoms with Crippen LogP contribution in [0.25, 0.3) is 0 Å². The monoisotopic (exact) mass is 383 g/mol. The Balaban J connectivity index is 2.02. The minimum absolute atomic E-state index is 0.221. The number of rotatable bonds is 8. The van der Waals surface area contributed by atoms with Gasteiger partial charge < -0.3 is 20.3 Å². The third kappa shape index (κ3) is 6.21. The lowest BCUT2D eigenvalue weighted by atomic mass is 10.1. The average Bonchev–Trinajstić information content (AvgIpc) is 2.70. The molecule has 2 rings (SSSR count). The summed E-state index contributed by atoms with van der Waals surface area (Å²) in [6, 6.07) is 13.0. The molecule has 2 aromatic rings. The first kappa shape index (κ1) is 21.1. The smallest absolute Gasteiger partial charge is 0.337 e. The van der Waals surface area contributed by atoms with Gasteiger partial charge in [-0.3, -0.25) is 9.59 Å². The number of hydrogen-bond acceptors (Lipinski definition) is 5. The SMILES string of the molecule is COC(=O)c1cccc(NC(=O)c2cccc(C(=O)NCCCN(C)C)c2)c1.